The molecule has 0 radical (unpaired) electrons. The van der Waals surface area contributed by atoms with Crippen LogP contribution < -0.4 is 9.88 Å². The molecule has 0 bridgehead atoms. The van der Waals surface area contributed by atoms with E-state index in [9.17, 15) is 8.42 Å². The second-order valence-corrected chi connectivity index (χ2v) is 6.94. The molecule has 0 atom stereocenters. The normalized spacial score (nSPS) is 11.3. The fourth-order valence-corrected chi connectivity index (χ4v) is 2.62. The Morgan fingerprint density at radius 1 is 1.15 bits per heavy atom. The molecular formula is C13H11BrClNO3S. The maximum atomic E-state index is 11.2. The number of hydrogen-bond donors (Lipinski definition) is 1. The van der Waals surface area contributed by atoms with E-state index in [0.717, 1.165) is 10.0 Å². The van der Waals surface area contributed by atoms with Gasteiger partial charge in [0, 0.05) is 4.47 Å². The van der Waals surface area contributed by atoms with Crippen molar-refractivity contribution < 1.29 is 13.2 Å². The number of ether oxygens (including phenoxy) is 1. The first kappa shape index (κ1) is 15.3. The summed E-state index contributed by atoms with van der Waals surface area (Å²) in [5.74, 6) is 0.405. The first-order chi connectivity index (χ1) is 9.36. The number of primary sulfonamides is 1. The molecule has 0 saturated carbocycles. The van der Waals surface area contributed by atoms with Crippen molar-refractivity contribution in [2.24, 2.45) is 5.14 Å². The maximum absolute atomic E-state index is 11.2. The number of nitrogens with two attached hydrogens (primary N) is 1. The molecule has 106 valence electrons. The van der Waals surface area contributed by atoms with Crippen molar-refractivity contribution in [2.75, 3.05) is 0 Å². The minimum atomic E-state index is -3.76. The molecule has 0 spiro atoms. The van der Waals surface area contributed by atoms with E-state index in [0.29, 0.717) is 12.4 Å². The molecule has 0 heterocycles. The van der Waals surface area contributed by atoms with Crippen LogP contribution in [0.4, 0.5) is 0 Å². The highest BCUT2D eigenvalue weighted by Crippen LogP contribution is 2.27. The van der Waals surface area contributed by atoms with Crippen LogP contribution >= 0.6 is 27.5 Å². The Kier molecular flexibility index (Phi) is 4.70. The smallest absolute Gasteiger partial charge is 0.238 e. The molecular weight excluding hydrogens is 366 g/mol. The minimum absolute atomic E-state index is 0.0431. The first-order valence-corrected chi connectivity index (χ1v) is 8.27. The Balaban J connectivity index is 2.12. The summed E-state index contributed by atoms with van der Waals surface area (Å²) in [6.07, 6.45) is 0. The third-order valence-corrected chi connectivity index (χ3v) is 4.27. The zero-order valence-corrected chi connectivity index (χ0v) is 13.4. The summed E-state index contributed by atoms with van der Waals surface area (Å²) in [7, 11) is -3.76. The fourth-order valence-electron chi connectivity index (χ4n) is 1.52. The van der Waals surface area contributed by atoms with Crippen molar-refractivity contribution in [3.05, 3.63) is 57.5 Å². The van der Waals surface area contributed by atoms with Crippen LogP contribution in [0.2, 0.25) is 5.02 Å². The molecule has 20 heavy (non-hydrogen) atoms. The first-order valence-electron chi connectivity index (χ1n) is 5.56. The van der Waals surface area contributed by atoms with Crippen molar-refractivity contribution in [1.29, 1.82) is 0 Å². The van der Waals surface area contributed by atoms with E-state index < -0.39 is 10.0 Å². The molecule has 0 amide bonds. The molecule has 7 heteroatoms. The number of sulfonamides is 1. The van der Waals surface area contributed by atoms with E-state index in [4.69, 9.17) is 21.5 Å². The summed E-state index contributed by atoms with van der Waals surface area (Å²) in [5, 5.41) is 5.23. The molecule has 0 aliphatic rings. The standard InChI is InChI=1S/C13H11BrClNO3S/c14-10-3-1-9(2-4-10)8-19-13-6-5-11(7-12(13)15)20(16,17)18/h1-7H,8H2,(H2,16,17,18). The van der Waals surface area contributed by atoms with Crippen LogP contribution in [0.15, 0.2) is 51.8 Å². The highest BCUT2D eigenvalue weighted by molar-refractivity contribution is 9.10. The van der Waals surface area contributed by atoms with Gasteiger partial charge in [0.2, 0.25) is 10.0 Å². The highest BCUT2D eigenvalue weighted by Gasteiger charge is 2.11. The van der Waals surface area contributed by atoms with E-state index in [2.05, 4.69) is 15.9 Å². The summed E-state index contributed by atoms with van der Waals surface area (Å²) in [6, 6.07) is 11.8. The van der Waals surface area contributed by atoms with Gasteiger partial charge in [0.1, 0.15) is 12.4 Å². The zero-order chi connectivity index (χ0) is 14.8. The van der Waals surface area contributed by atoms with Gasteiger partial charge in [-0.05, 0) is 35.9 Å². The number of benzene rings is 2. The van der Waals surface area contributed by atoms with Crippen LogP contribution in [-0.4, -0.2) is 8.42 Å². The summed E-state index contributed by atoms with van der Waals surface area (Å²) >= 11 is 9.32. The number of halogens is 2. The lowest BCUT2D eigenvalue weighted by Crippen LogP contribution is -2.12. The average molecular weight is 377 g/mol. The monoisotopic (exact) mass is 375 g/mol. The lowest BCUT2D eigenvalue weighted by molar-refractivity contribution is 0.306. The zero-order valence-electron chi connectivity index (χ0n) is 10.2. The average Bonchev–Trinajstić information content (AvgIpc) is 2.38. The third kappa shape index (κ3) is 3.96. The molecule has 2 rings (SSSR count). The van der Waals surface area contributed by atoms with Crippen LogP contribution in [0, 0.1) is 0 Å². The van der Waals surface area contributed by atoms with Crippen LogP contribution in [0.3, 0.4) is 0 Å². The molecule has 2 N–H and O–H groups in total. The van der Waals surface area contributed by atoms with Crippen molar-refractivity contribution >= 4 is 37.6 Å². The number of rotatable bonds is 4. The number of hydrogen-bond acceptors (Lipinski definition) is 3. The molecule has 2 aromatic rings. The van der Waals surface area contributed by atoms with Crippen molar-refractivity contribution in [3.8, 4) is 5.75 Å². The summed E-state index contributed by atoms with van der Waals surface area (Å²) in [5.41, 5.74) is 0.972. The molecule has 0 fully saturated rings. The summed E-state index contributed by atoms with van der Waals surface area (Å²) < 4.78 is 28.9. The van der Waals surface area contributed by atoms with Gasteiger partial charge < -0.3 is 4.74 Å². The Morgan fingerprint density at radius 3 is 2.35 bits per heavy atom. The van der Waals surface area contributed by atoms with Gasteiger partial charge in [0.05, 0.1) is 9.92 Å². The Labute approximate surface area is 130 Å². The van der Waals surface area contributed by atoms with E-state index in [1.165, 1.54) is 18.2 Å². The molecule has 0 aliphatic carbocycles. The van der Waals surface area contributed by atoms with Gasteiger partial charge in [-0.15, -0.1) is 0 Å². The van der Waals surface area contributed by atoms with Gasteiger partial charge in [0.25, 0.3) is 0 Å². The van der Waals surface area contributed by atoms with E-state index in [1.54, 1.807) is 0 Å². The van der Waals surface area contributed by atoms with E-state index in [-0.39, 0.29) is 9.92 Å². The Morgan fingerprint density at radius 2 is 1.80 bits per heavy atom. The Hall–Kier alpha value is -1.08. The van der Waals surface area contributed by atoms with Crippen molar-refractivity contribution in [2.45, 2.75) is 11.5 Å². The van der Waals surface area contributed by atoms with E-state index >= 15 is 0 Å². The third-order valence-electron chi connectivity index (χ3n) is 2.54. The minimum Gasteiger partial charge on any atom is -0.487 e. The highest BCUT2D eigenvalue weighted by atomic mass is 79.9. The van der Waals surface area contributed by atoms with Crippen LogP contribution in [0.1, 0.15) is 5.56 Å². The van der Waals surface area contributed by atoms with Crippen LogP contribution in [0.25, 0.3) is 0 Å². The lowest BCUT2D eigenvalue weighted by atomic mass is 10.2. The molecule has 0 aliphatic heterocycles. The topological polar surface area (TPSA) is 69.4 Å². The van der Waals surface area contributed by atoms with Crippen molar-refractivity contribution in [3.63, 3.8) is 0 Å². The summed E-state index contributed by atoms with van der Waals surface area (Å²) in [6.45, 7) is 0.335. The molecule has 0 unspecified atom stereocenters. The van der Waals surface area contributed by atoms with Gasteiger partial charge >= 0.3 is 0 Å². The van der Waals surface area contributed by atoms with Gasteiger partial charge in [-0.3, -0.25) is 0 Å². The second-order valence-electron chi connectivity index (χ2n) is 4.05. The van der Waals surface area contributed by atoms with Crippen LogP contribution in [-0.2, 0) is 16.6 Å². The maximum Gasteiger partial charge on any atom is 0.238 e. The van der Waals surface area contributed by atoms with Gasteiger partial charge in [-0.1, -0.05) is 39.7 Å². The van der Waals surface area contributed by atoms with Gasteiger partial charge in [-0.2, -0.15) is 0 Å². The van der Waals surface area contributed by atoms with Gasteiger partial charge in [0.15, 0.2) is 0 Å². The van der Waals surface area contributed by atoms with E-state index in [1.807, 2.05) is 24.3 Å². The quantitative estimate of drug-likeness (QED) is 0.890. The molecule has 0 aromatic heterocycles. The predicted molar refractivity (Wildman–Crippen MR) is 81.3 cm³/mol. The van der Waals surface area contributed by atoms with Crippen LogP contribution in [0.5, 0.6) is 5.75 Å². The largest absolute Gasteiger partial charge is 0.487 e. The second kappa shape index (κ2) is 6.13. The summed E-state index contributed by atoms with van der Waals surface area (Å²) in [4.78, 5) is -0.0431. The Bertz CT molecular complexity index is 717. The van der Waals surface area contributed by atoms with Gasteiger partial charge in [-0.25, -0.2) is 13.6 Å². The molecule has 2 aromatic carbocycles. The molecule has 4 nitrogen and oxygen atoms in total. The predicted octanol–water partition coefficient (Wildman–Crippen LogP) is 3.33. The fraction of sp³-hybridized carbons (Fsp3) is 0.0769. The van der Waals surface area contributed by atoms with Crippen molar-refractivity contribution in [1.82, 2.24) is 0 Å². The SMILES string of the molecule is NS(=O)(=O)c1ccc(OCc2ccc(Br)cc2)c(Cl)c1. The molecule has 0 saturated heterocycles. The lowest BCUT2D eigenvalue weighted by Gasteiger charge is -2.09.